The summed E-state index contributed by atoms with van der Waals surface area (Å²) in [6.45, 7) is 0.498. The highest BCUT2D eigenvalue weighted by atomic mass is 32.3. The van der Waals surface area contributed by atoms with Gasteiger partial charge in [0.05, 0.1) is 25.2 Å². The third-order valence-corrected chi connectivity index (χ3v) is 9.79. The number of carbonyl (C=O) groups is 6. The summed E-state index contributed by atoms with van der Waals surface area (Å²) in [7, 11) is -4.81. The molecule has 6 aliphatic rings. The topological polar surface area (TPSA) is 223 Å². The van der Waals surface area contributed by atoms with Crippen molar-refractivity contribution in [1.82, 2.24) is 30.6 Å². The van der Waals surface area contributed by atoms with Crippen molar-refractivity contribution < 1.29 is 51.2 Å². The summed E-state index contributed by atoms with van der Waals surface area (Å²) in [5, 5.41) is 16.1. The molecular weight excluding hydrogens is 604 g/mol. The van der Waals surface area contributed by atoms with E-state index in [0.29, 0.717) is 42.4 Å². The number of hydrogen-bond donors (Lipinski definition) is 4. The van der Waals surface area contributed by atoms with Gasteiger partial charge >= 0.3 is 22.5 Å². The molecule has 4 heterocycles. The summed E-state index contributed by atoms with van der Waals surface area (Å²) in [5.41, 5.74) is 0. The molecule has 0 aromatic rings. The summed E-state index contributed by atoms with van der Waals surface area (Å²) in [5.74, 6) is -0.536. The Kier molecular flexibility index (Phi) is 9.43. The highest BCUT2D eigenvalue weighted by Gasteiger charge is 2.49. The van der Waals surface area contributed by atoms with Crippen molar-refractivity contribution in [2.24, 2.45) is 11.8 Å². The smallest absolute Gasteiger partial charge is 0.347 e. The maximum Gasteiger partial charge on any atom is 0.418 e. The van der Waals surface area contributed by atoms with Gasteiger partial charge in [-0.1, -0.05) is 12.8 Å². The summed E-state index contributed by atoms with van der Waals surface area (Å²) >= 11 is 0. The molecule has 0 spiro atoms. The Morgan fingerprint density at radius 1 is 0.727 bits per heavy atom. The van der Waals surface area contributed by atoms with Crippen LogP contribution in [0.3, 0.4) is 0 Å². The van der Waals surface area contributed by atoms with E-state index in [4.69, 9.17) is 4.55 Å². The van der Waals surface area contributed by atoms with Crippen molar-refractivity contribution in [2.45, 2.75) is 88.4 Å². The first kappa shape index (κ1) is 32.1. The number of carbonyl (C=O) groups excluding carboxylic acids is 6. The Balaban J connectivity index is 0.000000177. The number of rotatable bonds is 10. The van der Waals surface area contributed by atoms with E-state index in [1.165, 1.54) is 9.80 Å². The van der Waals surface area contributed by atoms with Crippen LogP contribution in [0.5, 0.6) is 0 Å². The van der Waals surface area contributed by atoms with Gasteiger partial charge in [-0.2, -0.15) is 13.5 Å². The van der Waals surface area contributed by atoms with E-state index in [9.17, 15) is 42.4 Å². The number of urea groups is 2. The van der Waals surface area contributed by atoms with Crippen LogP contribution >= 0.6 is 0 Å². The highest BCUT2D eigenvalue weighted by Crippen LogP contribution is 2.32. The van der Waals surface area contributed by atoms with Crippen LogP contribution in [-0.4, -0.2) is 124 Å². The summed E-state index contributed by atoms with van der Waals surface area (Å²) in [6, 6.07) is -3.40. The second-order valence-electron chi connectivity index (χ2n) is 12.2. The largest absolute Gasteiger partial charge is 0.418 e. The second kappa shape index (κ2) is 12.9. The van der Waals surface area contributed by atoms with E-state index in [1.54, 1.807) is 0 Å². The molecule has 0 aromatic carbocycles. The molecular formula is C26H38N6O11S. The zero-order valence-corrected chi connectivity index (χ0v) is 24.9. The molecule has 44 heavy (non-hydrogen) atoms. The van der Waals surface area contributed by atoms with E-state index < -0.39 is 46.5 Å². The molecule has 6 amide bonds. The van der Waals surface area contributed by atoms with Gasteiger partial charge in [0.25, 0.3) is 0 Å². The zero-order chi connectivity index (χ0) is 31.8. The van der Waals surface area contributed by atoms with Gasteiger partial charge in [-0.3, -0.25) is 28.9 Å². The molecule has 4 atom stereocenters. The molecule has 244 valence electrons. The Hall–Kier alpha value is -3.35. The van der Waals surface area contributed by atoms with Gasteiger partial charge in [0, 0.05) is 24.9 Å². The van der Waals surface area contributed by atoms with Crippen LogP contribution in [0.25, 0.3) is 0 Å². The third-order valence-electron chi connectivity index (χ3n) is 9.44. The lowest BCUT2D eigenvalue weighted by atomic mass is 9.82. The Morgan fingerprint density at radius 3 is 1.64 bits per heavy atom. The first-order valence-electron chi connectivity index (χ1n) is 15.0. The average Bonchev–Trinajstić information content (AvgIpc) is 3.27. The molecule has 4 N–H and O–H groups in total. The maximum atomic E-state index is 12.3. The van der Waals surface area contributed by atoms with Gasteiger partial charge in [-0.05, 0) is 51.4 Å². The third kappa shape index (κ3) is 6.82. The molecule has 4 saturated heterocycles. The molecule has 4 aliphatic heterocycles. The van der Waals surface area contributed by atoms with Crippen LogP contribution < -0.4 is 10.6 Å². The van der Waals surface area contributed by atoms with E-state index in [2.05, 4.69) is 14.9 Å². The molecule has 18 heteroatoms. The van der Waals surface area contributed by atoms with Crippen molar-refractivity contribution in [3.63, 3.8) is 0 Å². The normalized spacial score (nSPS) is 28.1. The quantitative estimate of drug-likeness (QED) is 0.177. The molecule has 6 rings (SSSR count). The van der Waals surface area contributed by atoms with Crippen LogP contribution in [0.4, 0.5) is 9.59 Å². The number of fused-ring (bicyclic) bond motifs is 4. The van der Waals surface area contributed by atoms with Gasteiger partial charge in [0.15, 0.2) is 11.6 Å². The fourth-order valence-corrected chi connectivity index (χ4v) is 6.75. The van der Waals surface area contributed by atoms with E-state index in [-0.39, 0.29) is 55.0 Å². The van der Waals surface area contributed by atoms with Crippen molar-refractivity contribution in [2.75, 3.05) is 26.2 Å². The van der Waals surface area contributed by atoms with E-state index >= 15 is 0 Å². The first-order chi connectivity index (χ1) is 20.8. The lowest BCUT2D eigenvalue weighted by Crippen LogP contribution is -2.51. The lowest BCUT2D eigenvalue weighted by Gasteiger charge is -2.29. The van der Waals surface area contributed by atoms with Gasteiger partial charge in [0.2, 0.25) is 11.8 Å². The van der Waals surface area contributed by atoms with Gasteiger partial charge < -0.3 is 20.4 Å². The Morgan fingerprint density at radius 2 is 1.18 bits per heavy atom. The standard InChI is InChI=1S/C13H19N3O7S.C13H19N3O4/c17-11(8-2-1-3-8)6-14-12(18)10-5-4-9-7-15(10)13(19)16(9)23-24(20,21)22;17-11(8-2-1-3-8)6-14-12(18)10-5-4-9-7-15(10)13(19)16(9)20/h8-10H,1-7H2,(H,14,18)(H,20,21,22);8-10,20H,1-7H2,(H,14,18)/t2*9-,10+/m11/s1. The molecule has 4 bridgehead atoms. The SMILES string of the molecule is O=C(CNC(=O)[C@@H]1CC[C@@H]2CN1C(=O)N2O)C1CCC1.O=C(CNC(=O)[C@@H]1CC[C@@H]2CN1C(=O)N2OS(=O)(=O)O)C1CCC1. The number of Topliss-reactive ketones (excluding diaryl/α,β-unsaturated/α-hetero) is 2. The minimum absolute atomic E-state index is 0.00707. The van der Waals surface area contributed by atoms with E-state index in [1.807, 2.05) is 0 Å². The van der Waals surface area contributed by atoms with Crippen LogP contribution in [-0.2, 0) is 33.9 Å². The van der Waals surface area contributed by atoms with Gasteiger partial charge in [0.1, 0.15) is 12.1 Å². The highest BCUT2D eigenvalue weighted by molar-refractivity contribution is 7.80. The molecule has 2 aliphatic carbocycles. The van der Waals surface area contributed by atoms with Crippen LogP contribution in [0, 0.1) is 11.8 Å². The van der Waals surface area contributed by atoms with Crippen molar-refractivity contribution in [3.05, 3.63) is 0 Å². The van der Waals surface area contributed by atoms with Crippen molar-refractivity contribution >= 4 is 45.8 Å². The van der Waals surface area contributed by atoms with Crippen LogP contribution in [0.2, 0.25) is 0 Å². The number of nitrogens with one attached hydrogen (secondary N) is 2. The zero-order valence-electron chi connectivity index (χ0n) is 24.1. The number of nitrogens with zero attached hydrogens (tertiary/aromatic N) is 4. The van der Waals surface area contributed by atoms with Crippen LogP contribution in [0.15, 0.2) is 0 Å². The molecule has 0 unspecified atom stereocenters. The molecule has 0 radical (unpaired) electrons. The predicted molar refractivity (Wildman–Crippen MR) is 147 cm³/mol. The predicted octanol–water partition coefficient (Wildman–Crippen LogP) is -0.396. The molecule has 6 fully saturated rings. The molecule has 2 saturated carbocycles. The lowest BCUT2D eigenvalue weighted by molar-refractivity contribution is -0.130. The minimum Gasteiger partial charge on any atom is -0.347 e. The number of ketones is 2. The maximum absolute atomic E-state index is 12.3. The second-order valence-corrected chi connectivity index (χ2v) is 13.2. The molecule has 0 aromatic heterocycles. The summed E-state index contributed by atoms with van der Waals surface area (Å²) in [6.07, 6.45) is 7.47. The monoisotopic (exact) mass is 642 g/mol. The number of amides is 6. The van der Waals surface area contributed by atoms with Gasteiger partial charge in [-0.25, -0.2) is 14.7 Å². The first-order valence-corrected chi connectivity index (χ1v) is 16.4. The fraction of sp³-hybridized carbons (Fsp3) is 0.769. The van der Waals surface area contributed by atoms with Crippen molar-refractivity contribution in [3.8, 4) is 0 Å². The summed E-state index contributed by atoms with van der Waals surface area (Å²) < 4.78 is 34.7. The number of hydroxylamine groups is 4. The Bertz CT molecular complexity index is 1300. The van der Waals surface area contributed by atoms with Crippen molar-refractivity contribution in [1.29, 1.82) is 0 Å². The Labute approximate surface area is 254 Å². The fourth-order valence-electron chi connectivity index (χ4n) is 6.36. The van der Waals surface area contributed by atoms with E-state index in [0.717, 1.165) is 38.5 Å². The van der Waals surface area contributed by atoms with Crippen LogP contribution in [0.1, 0.15) is 64.2 Å². The van der Waals surface area contributed by atoms with Gasteiger partial charge in [-0.15, -0.1) is 4.28 Å². The number of piperidine rings is 2. The number of hydrogen-bond acceptors (Lipinski definition) is 10. The summed E-state index contributed by atoms with van der Waals surface area (Å²) in [4.78, 5) is 74.5. The minimum atomic E-state index is -4.81. The molecule has 17 nitrogen and oxygen atoms in total. The average molecular weight is 643 g/mol.